The zero-order valence-electron chi connectivity index (χ0n) is 15.9. The first-order valence-corrected chi connectivity index (χ1v) is 10.2. The zero-order valence-corrected chi connectivity index (χ0v) is 17.4. The highest BCUT2D eigenvalue weighted by molar-refractivity contribution is 7.15. The summed E-state index contributed by atoms with van der Waals surface area (Å²) in [7, 11) is 0. The predicted octanol–water partition coefficient (Wildman–Crippen LogP) is 3.72. The maximum absolute atomic E-state index is 12.2. The average Bonchev–Trinajstić information content (AvgIpc) is 3.15. The first-order valence-electron chi connectivity index (χ1n) is 8.98. The summed E-state index contributed by atoms with van der Waals surface area (Å²) in [6, 6.07) is 7.17. The Morgan fingerprint density at radius 3 is 2.61 bits per heavy atom. The molecule has 0 unspecified atom stereocenters. The number of ketones is 1. The number of hydrogen-bond donors (Lipinski definition) is 1. The van der Waals surface area contributed by atoms with Gasteiger partial charge in [0.25, 0.3) is 0 Å². The molecule has 0 aliphatic carbocycles. The summed E-state index contributed by atoms with van der Waals surface area (Å²) in [6.45, 7) is 6.10. The largest absolute Gasteiger partial charge is 0.324 e. The fourth-order valence-corrected chi connectivity index (χ4v) is 4.77. The number of aromatic nitrogens is 3. The lowest BCUT2D eigenvalue weighted by molar-refractivity contribution is -0.118. The SMILES string of the molecule is Cc1sc2c(c1C)C(c1ccc(Cl)cc1)=N[C@@H](CC(=O)CN)c1nnc(C)n1-2. The van der Waals surface area contributed by atoms with Gasteiger partial charge in [-0.2, -0.15) is 0 Å². The number of nitrogens with two attached hydrogens (primary N) is 1. The first-order chi connectivity index (χ1) is 13.4. The molecule has 2 aromatic heterocycles. The van der Waals surface area contributed by atoms with Gasteiger partial charge in [0.2, 0.25) is 0 Å². The van der Waals surface area contributed by atoms with Gasteiger partial charge < -0.3 is 5.73 Å². The molecule has 3 heterocycles. The summed E-state index contributed by atoms with van der Waals surface area (Å²) >= 11 is 7.78. The molecule has 0 saturated heterocycles. The van der Waals surface area contributed by atoms with Crippen LogP contribution in [0.15, 0.2) is 29.3 Å². The third kappa shape index (κ3) is 3.09. The molecule has 2 N–H and O–H groups in total. The molecule has 3 aromatic rings. The molecule has 0 bridgehead atoms. The number of Topliss-reactive ketones (excluding diaryl/α,β-unsaturated/α-hetero) is 1. The van der Waals surface area contributed by atoms with Gasteiger partial charge in [0.1, 0.15) is 22.7 Å². The van der Waals surface area contributed by atoms with E-state index in [0.717, 1.165) is 27.7 Å². The molecular formula is C20H20ClN5OS. The van der Waals surface area contributed by atoms with Gasteiger partial charge in [0, 0.05) is 27.4 Å². The number of halogens is 1. The van der Waals surface area contributed by atoms with Crippen LogP contribution < -0.4 is 5.73 Å². The number of rotatable bonds is 4. The van der Waals surface area contributed by atoms with Crippen LogP contribution in [-0.2, 0) is 4.79 Å². The van der Waals surface area contributed by atoms with Gasteiger partial charge in [-0.3, -0.25) is 14.4 Å². The van der Waals surface area contributed by atoms with E-state index in [4.69, 9.17) is 22.3 Å². The van der Waals surface area contributed by atoms with Crippen LogP contribution in [0, 0.1) is 20.8 Å². The highest BCUT2D eigenvalue weighted by atomic mass is 35.5. The Morgan fingerprint density at radius 1 is 1.21 bits per heavy atom. The van der Waals surface area contributed by atoms with Crippen molar-refractivity contribution in [1.82, 2.24) is 14.8 Å². The van der Waals surface area contributed by atoms with Crippen molar-refractivity contribution in [3.8, 4) is 5.00 Å². The molecule has 144 valence electrons. The van der Waals surface area contributed by atoms with Crippen LogP contribution >= 0.6 is 22.9 Å². The average molecular weight is 414 g/mol. The Kier molecular flexibility index (Phi) is 4.91. The van der Waals surface area contributed by atoms with Gasteiger partial charge >= 0.3 is 0 Å². The van der Waals surface area contributed by atoms with E-state index in [1.165, 1.54) is 10.4 Å². The Balaban J connectivity index is 2.01. The molecule has 1 aliphatic heterocycles. The molecule has 0 radical (unpaired) electrons. The minimum absolute atomic E-state index is 0.0185. The second-order valence-electron chi connectivity index (χ2n) is 6.85. The second kappa shape index (κ2) is 7.24. The number of benzene rings is 1. The number of carbonyl (C=O) groups is 1. The van der Waals surface area contributed by atoms with E-state index in [-0.39, 0.29) is 18.7 Å². The van der Waals surface area contributed by atoms with Gasteiger partial charge in [-0.05, 0) is 38.5 Å². The van der Waals surface area contributed by atoms with Crippen LogP contribution in [0.2, 0.25) is 5.02 Å². The molecule has 6 nitrogen and oxygen atoms in total. The van der Waals surface area contributed by atoms with Crippen molar-refractivity contribution < 1.29 is 4.79 Å². The summed E-state index contributed by atoms with van der Waals surface area (Å²) in [4.78, 5) is 18.4. The number of aryl methyl sites for hydroxylation is 2. The first kappa shape index (κ1) is 19.0. The number of hydrogen-bond acceptors (Lipinski definition) is 6. The monoisotopic (exact) mass is 413 g/mol. The van der Waals surface area contributed by atoms with Crippen LogP contribution in [0.1, 0.15) is 45.7 Å². The van der Waals surface area contributed by atoms with Gasteiger partial charge in [0.05, 0.1) is 12.3 Å². The highest BCUT2D eigenvalue weighted by Crippen LogP contribution is 2.39. The summed E-state index contributed by atoms with van der Waals surface area (Å²) in [6.07, 6.45) is 0.193. The van der Waals surface area contributed by atoms with Crippen molar-refractivity contribution in [3.63, 3.8) is 0 Å². The molecule has 8 heteroatoms. The van der Waals surface area contributed by atoms with Gasteiger partial charge in [-0.25, -0.2) is 0 Å². The van der Waals surface area contributed by atoms with Crippen LogP contribution in [0.25, 0.3) is 5.00 Å². The summed E-state index contributed by atoms with van der Waals surface area (Å²) in [5.74, 6) is 1.38. The lowest BCUT2D eigenvalue weighted by atomic mass is 9.99. The lowest BCUT2D eigenvalue weighted by Gasteiger charge is -2.11. The molecule has 1 aliphatic rings. The van der Waals surface area contributed by atoms with Crippen LogP contribution in [0.3, 0.4) is 0 Å². The quantitative estimate of drug-likeness (QED) is 0.706. The smallest absolute Gasteiger partial charge is 0.163 e. The predicted molar refractivity (Wildman–Crippen MR) is 112 cm³/mol. The summed E-state index contributed by atoms with van der Waals surface area (Å²) in [5.41, 5.74) is 9.58. The van der Waals surface area contributed by atoms with Crippen molar-refractivity contribution in [3.05, 3.63) is 62.5 Å². The van der Waals surface area contributed by atoms with E-state index >= 15 is 0 Å². The highest BCUT2D eigenvalue weighted by Gasteiger charge is 2.32. The number of aliphatic imine (C=N–C) groups is 1. The van der Waals surface area contributed by atoms with E-state index in [1.807, 2.05) is 35.8 Å². The topological polar surface area (TPSA) is 86.2 Å². The lowest BCUT2D eigenvalue weighted by Crippen LogP contribution is -2.18. The van der Waals surface area contributed by atoms with E-state index < -0.39 is 6.04 Å². The molecule has 1 atom stereocenters. The van der Waals surface area contributed by atoms with Crippen molar-refractivity contribution in [2.45, 2.75) is 33.2 Å². The van der Waals surface area contributed by atoms with Crippen LogP contribution in [-0.4, -0.2) is 32.8 Å². The third-order valence-corrected chi connectivity index (χ3v) is 6.45. The molecule has 0 amide bonds. The summed E-state index contributed by atoms with van der Waals surface area (Å²) < 4.78 is 2.03. The Bertz CT molecular complexity index is 1100. The van der Waals surface area contributed by atoms with Crippen molar-refractivity contribution >= 4 is 34.4 Å². The standard InChI is InChI=1S/C20H20ClN5OS/c1-10-11(2)28-20-17(10)18(13-4-6-14(21)7-5-13)23-16(8-15(27)9-22)19-25-24-12(3)26(19)20/h4-7,16H,8-9,22H2,1-3H3/t16-/m0/s1. The number of nitrogens with zero attached hydrogens (tertiary/aromatic N) is 4. The molecule has 4 rings (SSSR count). The molecule has 1 aromatic carbocycles. The minimum atomic E-state index is -0.442. The number of fused-ring (bicyclic) bond motifs is 3. The molecular weight excluding hydrogens is 394 g/mol. The van der Waals surface area contributed by atoms with E-state index in [0.29, 0.717) is 10.8 Å². The Labute approximate surface area is 172 Å². The van der Waals surface area contributed by atoms with Crippen molar-refractivity contribution in [2.24, 2.45) is 10.7 Å². The van der Waals surface area contributed by atoms with E-state index in [9.17, 15) is 4.79 Å². The third-order valence-electron chi connectivity index (χ3n) is 5.01. The molecule has 0 fully saturated rings. The minimum Gasteiger partial charge on any atom is -0.324 e. The van der Waals surface area contributed by atoms with Crippen LogP contribution in [0.5, 0.6) is 0 Å². The van der Waals surface area contributed by atoms with Gasteiger partial charge in [-0.1, -0.05) is 23.7 Å². The van der Waals surface area contributed by atoms with E-state index in [1.54, 1.807) is 11.3 Å². The Hall–Kier alpha value is -2.35. The van der Waals surface area contributed by atoms with E-state index in [2.05, 4.69) is 24.0 Å². The molecule has 28 heavy (non-hydrogen) atoms. The van der Waals surface area contributed by atoms with Crippen LogP contribution in [0.4, 0.5) is 0 Å². The zero-order chi connectivity index (χ0) is 20.0. The Morgan fingerprint density at radius 2 is 1.93 bits per heavy atom. The summed E-state index contributed by atoms with van der Waals surface area (Å²) in [5, 5.41) is 10.3. The fraction of sp³-hybridized carbons (Fsp3) is 0.300. The van der Waals surface area contributed by atoms with Crippen molar-refractivity contribution in [1.29, 1.82) is 0 Å². The van der Waals surface area contributed by atoms with Crippen molar-refractivity contribution in [2.75, 3.05) is 6.54 Å². The number of thiophene rings is 1. The van der Waals surface area contributed by atoms with Gasteiger partial charge in [-0.15, -0.1) is 21.5 Å². The normalized spacial score (nSPS) is 15.6. The maximum atomic E-state index is 12.2. The molecule has 0 spiro atoms. The fourth-order valence-electron chi connectivity index (χ4n) is 3.43. The van der Waals surface area contributed by atoms with Gasteiger partial charge in [0.15, 0.2) is 5.82 Å². The maximum Gasteiger partial charge on any atom is 0.163 e. The molecule has 0 saturated carbocycles. The second-order valence-corrected chi connectivity index (χ2v) is 8.49. The number of carbonyl (C=O) groups excluding carboxylic acids is 1.